The Bertz CT molecular complexity index is 1260. The summed E-state index contributed by atoms with van der Waals surface area (Å²) in [6.07, 6.45) is 3.03. The summed E-state index contributed by atoms with van der Waals surface area (Å²) in [5, 5.41) is 2.48. The minimum atomic E-state index is -0.768. The fourth-order valence-corrected chi connectivity index (χ4v) is 3.45. The number of hydrogen-bond donors (Lipinski definition) is 1. The Labute approximate surface area is 241 Å². The lowest BCUT2D eigenvalue weighted by atomic mass is 10.1. The molecule has 2 rings (SSSR count). The molecule has 2 aromatic carbocycles. The number of isocyanates is 2. The van der Waals surface area contributed by atoms with Gasteiger partial charge in [0.25, 0.3) is 0 Å². The molecular formula is C29H31N3O10. The highest BCUT2D eigenvalue weighted by Gasteiger charge is 2.10. The Balaban J connectivity index is 1.50. The third-order valence-corrected chi connectivity index (χ3v) is 5.61. The molecule has 1 amide bonds. The minimum Gasteiger partial charge on any atom is -0.462 e. The van der Waals surface area contributed by atoms with Crippen LogP contribution in [0.2, 0.25) is 0 Å². The number of unbranched alkanes of at least 4 members (excludes halogenated alkanes) is 1. The molecule has 0 fully saturated rings. The van der Waals surface area contributed by atoms with Crippen molar-refractivity contribution in [2.24, 2.45) is 9.98 Å². The highest BCUT2D eigenvalue weighted by Crippen LogP contribution is 2.23. The van der Waals surface area contributed by atoms with E-state index in [-0.39, 0.29) is 45.7 Å². The van der Waals surface area contributed by atoms with Gasteiger partial charge in [-0.2, -0.15) is 9.98 Å². The first kappa shape index (κ1) is 33.1. The molecule has 0 bridgehead atoms. The molecule has 0 saturated heterocycles. The van der Waals surface area contributed by atoms with Crippen molar-refractivity contribution in [1.82, 2.24) is 0 Å². The van der Waals surface area contributed by atoms with Crippen LogP contribution in [0.4, 0.5) is 21.9 Å². The van der Waals surface area contributed by atoms with E-state index in [0.717, 1.165) is 11.1 Å². The number of esters is 3. The van der Waals surface area contributed by atoms with Crippen LogP contribution in [0.25, 0.3) is 0 Å². The van der Waals surface area contributed by atoms with E-state index in [9.17, 15) is 28.8 Å². The Kier molecular flexibility index (Phi) is 14.4. The number of aliphatic imine (C=N–C) groups is 2. The molecule has 0 spiro atoms. The fraction of sp³-hybridized carbons (Fsp3) is 0.379. The van der Waals surface area contributed by atoms with Crippen molar-refractivity contribution in [2.45, 2.75) is 46.0 Å². The van der Waals surface area contributed by atoms with Crippen LogP contribution in [0.15, 0.2) is 46.4 Å². The topological polar surface area (TPSA) is 176 Å². The first-order chi connectivity index (χ1) is 20.2. The van der Waals surface area contributed by atoms with Gasteiger partial charge in [-0.25, -0.2) is 14.4 Å². The van der Waals surface area contributed by atoms with Gasteiger partial charge in [-0.05, 0) is 61.6 Å². The number of aryl methyl sites for hydroxylation is 2. The maximum atomic E-state index is 12.0. The van der Waals surface area contributed by atoms with Crippen molar-refractivity contribution in [3.8, 4) is 0 Å². The average Bonchev–Trinajstić information content (AvgIpc) is 2.95. The van der Waals surface area contributed by atoms with Gasteiger partial charge in [0.1, 0.15) is 26.4 Å². The molecule has 1 N–H and O–H groups in total. The molecule has 0 aromatic heterocycles. The summed E-state index contributed by atoms with van der Waals surface area (Å²) in [6, 6.07) is 9.83. The van der Waals surface area contributed by atoms with Crippen molar-refractivity contribution in [3.05, 3.63) is 53.1 Å². The van der Waals surface area contributed by atoms with Crippen LogP contribution in [0, 0.1) is 13.8 Å². The van der Waals surface area contributed by atoms with E-state index in [4.69, 9.17) is 18.9 Å². The first-order valence-corrected chi connectivity index (χ1v) is 13.0. The maximum Gasteiger partial charge on any atom is 0.411 e. The van der Waals surface area contributed by atoms with Crippen molar-refractivity contribution < 1.29 is 47.7 Å². The fourth-order valence-electron chi connectivity index (χ4n) is 3.45. The van der Waals surface area contributed by atoms with Crippen molar-refractivity contribution in [1.29, 1.82) is 0 Å². The SMILES string of the molecule is Cc1ccc(CC(=O)OCCOC(=O)CCCCC(=O)OCCOC(=O)Nc2ccc(C)c(N=C=O)c2)cc1N=C=O. The molecule has 2 aromatic rings. The molecule has 0 atom stereocenters. The van der Waals surface area contributed by atoms with Crippen LogP contribution in [0.5, 0.6) is 0 Å². The quantitative estimate of drug-likeness (QED) is 0.0993. The van der Waals surface area contributed by atoms with Gasteiger partial charge in [-0.3, -0.25) is 19.7 Å². The van der Waals surface area contributed by atoms with Crippen LogP contribution in [0.3, 0.4) is 0 Å². The number of nitrogens with zero attached hydrogens (tertiary/aromatic N) is 2. The Hall–Kier alpha value is -5.12. The van der Waals surface area contributed by atoms with Gasteiger partial charge < -0.3 is 18.9 Å². The summed E-state index contributed by atoms with van der Waals surface area (Å²) in [7, 11) is 0. The van der Waals surface area contributed by atoms with Crippen molar-refractivity contribution >= 4 is 53.2 Å². The number of amides is 1. The molecular weight excluding hydrogens is 550 g/mol. The van der Waals surface area contributed by atoms with E-state index in [2.05, 4.69) is 15.3 Å². The van der Waals surface area contributed by atoms with Gasteiger partial charge in [-0.15, -0.1) is 0 Å². The lowest BCUT2D eigenvalue weighted by Gasteiger charge is -2.09. The second-order valence-corrected chi connectivity index (χ2v) is 8.83. The van der Waals surface area contributed by atoms with Gasteiger partial charge in [-0.1, -0.05) is 18.2 Å². The van der Waals surface area contributed by atoms with E-state index in [0.29, 0.717) is 35.5 Å². The number of anilines is 1. The number of rotatable bonds is 16. The summed E-state index contributed by atoms with van der Waals surface area (Å²) < 4.78 is 20.0. The van der Waals surface area contributed by atoms with E-state index >= 15 is 0 Å². The maximum absolute atomic E-state index is 12.0. The molecule has 0 radical (unpaired) electrons. The zero-order valence-electron chi connectivity index (χ0n) is 23.3. The van der Waals surface area contributed by atoms with Crippen molar-refractivity contribution in [2.75, 3.05) is 31.7 Å². The van der Waals surface area contributed by atoms with Crippen LogP contribution in [-0.4, -0.2) is 62.6 Å². The Morgan fingerprint density at radius 3 is 1.76 bits per heavy atom. The standard InChI is InChI=1S/C29H31N3O10/c1-20-7-9-22(15-24(20)30-18-33)16-28(37)41-12-11-39-26(35)5-3-4-6-27(36)40-13-14-42-29(38)32-23-10-8-21(2)25(17-23)31-19-34/h7-10,15,17H,3-6,11-14,16H2,1-2H3,(H,32,38). The normalized spacial score (nSPS) is 9.95. The van der Waals surface area contributed by atoms with Crippen LogP contribution in [-0.2, 0) is 49.3 Å². The number of ether oxygens (including phenoxy) is 4. The van der Waals surface area contributed by atoms with E-state index in [1.54, 1.807) is 44.2 Å². The summed E-state index contributed by atoms with van der Waals surface area (Å²) in [6.45, 7) is 3.01. The van der Waals surface area contributed by atoms with Crippen LogP contribution in [0.1, 0.15) is 42.4 Å². The molecule has 0 saturated carbocycles. The number of benzene rings is 2. The highest BCUT2D eigenvalue weighted by atomic mass is 16.6. The number of carbonyl (C=O) groups is 4. The van der Waals surface area contributed by atoms with E-state index in [1.807, 2.05) is 0 Å². The smallest absolute Gasteiger partial charge is 0.411 e. The Morgan fingerprint density at radius 1 is 0.690 bits per heavy atom. The van der Waals surface area contributed by atoms with Gasteiger partial charge in [0, 0.05) is 18.5 Å². The van der Waals surface area contributed by atoms with Crippen molar-refractivity contribution in [3.63, 3.8) is 0 Å². The van der Waals surface area contributed by atoms with Crippen LogP contribution < -0.4 is 5.32 Å². The second kappa shape index (κ2) is 18.3. The summed E-state index contributed by atoms with van der Waals surface area (Å²) in [4.78, 5) is 75.5. The highest BCUT2D eigenvalue weighted by molar-refractivity contribution is 5.85. The van der Waals surface area contributed by atoms with Gasteiger partial charge in [0.2, 0.25) is 12.2 Å². The zero-order chi connectivity index (χ0) is 30.7. The number of nitrogens with one attached hydrogen (secondary N) is 1. The molecule has 13 nitrogen and oxygen atoms in total. The Morgan fingerprint density at radius 2 is 1.19 bits per heavy atom. The second-order valence-electron chi connectivity index (χ2n) is 8.83. The lowest BCUT2D eigenvalue weighted by molar-refractivity contribution is -0.152. The average molecular weight is 582 g/mol. The van der Waals surface area contributed by atoms with E-state index < -0.39 is 24.0 Å². The molecule has 0 heterocycles. The molecule has 0 aliphatic carbocycles. The molecule has 13 heteroatoms. The monoisotopic (exact) mass is 581 g/mol. The third-order valence-electron chi connectivity index (χ3n) is 5.61. The van der Waals surface area contributed by atoms with Crippen LogP contribution >= 0.6 is 0 Å². The molecule has 0 aliphatic heterocycles. The predicted molar refractivity (Wildman–Crippen MR) is 148 cm³/mol. The lowest BCUT2D eigenvalue weighted by Crippen LogP contribution is -2.18. The molecule has 0 unspecified atom stereocenters. The molecule has 42 heavy (non-hydrogen) atoms. The summed E-state index contributed by atoms with van der Waals surface area (Å²) in [5.41, 5.74) is 3.29. The largest absolute Gasteiger partial charge is 0.462 e. The summed E-state index contributed by atoms with van der Waals surface area (Å²) >= 11 is 0. The van der Waals surface area contributed by atoms with Gasteiger partial charge >= 0.3 is 24.0 Å². The van der Waals surface area contributed by atoms with E-state index in [1.165, 1.54) is 18.2 Å². The number of hydrogen-bond acceptors (Lipinski definition) is 12. The third kappa shape index (κ3) is 12.8. The summed E-state index contributed by atoms with van der Waals surface area (Å²) in [5.74, 6) is -1.52. The zero-order valence-corrected chi connectivity index (χ0v) is 23.3. The minimum absolute atomic E-state index is 0.0292. The number of carbonyl (C=O) groups excluding carboxylic acids is 6. The predicted octanol–water partition coefficient (Wildman–Crippen LogP) is 4.22. The first-order valence-electron chi connectivity index (χ1n) is 13.0. The van der Waals surface area contributed by atoms with Gasteiger partial charge in [0.15, 0.2) is 0 Å². The van der Waals surface area contributed by atoms with Gasteiger partial charge in [0.05, 0.1) is 17.8 Å². The molecule has 222 valence electrons. The molecule has 0 aliphatic rings.